The fourth-order valence-corrected chi connectivity index (χ4v) is 3.75. The molecule has 9 heteroatoms. The normalized spacial score (nSPS) is 19.3. The Hall–Kier alpha value is -3.20. The molecule has 29 heavy (non-hydrogen) atoms. The number of aromatic nitrogens is 3. The summed E-state index contributed by atoms with van der Waals surface area (Å²) in [5.41, 5.74) is 13.0. The summed E-state index contributed by atoms with van der Waals surface area (Å²) in [5, 5.41) is 7.07. The highest BCUT2D eigenvalue weighted by molar-refractivity contribution is 5.98. The minimum Gasteiger partial charge on any atom is -0.365 e. The van der Waals surface area contributed by atoms with Gasteiger partial charge in [0.05, 0.1) is 17.4 Å². The molecule has 3 aromatic rings. The second-order valence-electron chi connectivity index (χ2n) is 7.47. The lowest BCUT2D eigenvalue weighted by Crippen LogP contribution is -2.43. The molecule has 8 nitrogen and oxygen atoms in total. The minimum atomic E-state index is -0.770. The summed E-state index contributed by atoms with van der Waals surface area (Å²) in [5.74, 6) is -1.19. The maximum atomic E-state index is 14.6. The SMILES string of the molecule is Cn1ccc2cc(Nc3nc(N[C@@H]4CCCC[C@@H]4N)c(F)cc3C(N)=O)cnc21. The Morgan fingerprint density at radius 2 is 2.07 bits per heavy atom. The predicted octanol–water partition coefficient (Wildman–Crippen LogP) is 2.63. The van der Waals surface area contributed by atoms with E-state index in [1.54, 1.807) is 6.20 Å². The van der Waals surface area contributed by atoms with E-state index in [4.69, 9.17) is 11.5 Å². The van der Waals surface area contributed by atoms with E-state index in [-0.39, 0.29) is 29.3 Å². The molecule has 6 N–H and O–H groups in total. The quantitative estimate of drug-likeness (QED) is 0.525. The van der Waals surface area contributed by atoms with E-state index >= 15 is 0 Å². The molecular weight excluding hydrogens is 373 g/mol. The van der Waals surface area contributed by atoms with Gasteiger partial charge in [0.2, 0.25) is 0 Å². The first-order valence-corrected chi connectivity index (χ1v) is 9.63. The zero-order chi connectivity index (χ0) is 20.5. The highest BCUT2D eigenvalue weighted by atomic mass is 19.1. The number of fused-ring (bicyclic) bond motifs is 1. The molecular formula is C20H24FN7O. The third-order valence-electron chi connectivity index (χ3n) is 5.35. The Bertz CT molecular complexity index is 1060. The number of pyridine rings is 2. The molecule has 152 valence electrons. The van der Waals surface area contributed by atoms with Crippen LogP contribution in [0.2, 0.25) is 0 Å². The average Bonchev–Trinajstić information content (AvgIpc) is 3.06. The zero-order valence-electron chi connectivity index (χ0n) is 16.2. The molecule has 0 aliphatic heterocycles. The molecule has 0 radical (unpaired) electrons. The van der Waals surface area contributed by atoms with Crippen LogP contribution in [0.4, 0.5) is 21.7 Å². The van der Waals surface area contributed by atoms with Crippen LogP contribution in [0.3, 0.4) is 0 Å². The highest BCUT2D eigenvalue weighted by Gasteiger charge is 2.24. The van der Waals surface area contributed by atoms with Gasteiger partial charge in [-0.15, -0.1) is 0 Å². The number of rotatable bonds is 5. The van der Waals surface area contributed by atoms with E-state index in [0.29, 0.717) is 5.69 Å². The minimum absolute atomic E-state index is 0.0332. The largest absolute Gasteiger partial charge is 0.365 e. The number of nitrogens with one attached hydrogen (secondary N) is 2. The van der Waals surface area contributed by atoms with Crippen molar-refractivity contribution in [3.63, 3.8) is 0 Å². The van der Waals surface area contributed by atoms with Crippen molar-refractivity contribution in [2.24, 2.45) is 18.5 Å². The van der Waals surface area contributed by atoms with Gasteiger partial charge in [-0.05, 0) is 31.0 Å². The Morgan fingerprint density at radius 3 is 2.83 bits per heavy atom. The van der Waals surface area contributed by atoms with Gasteiger partial charge < -0.3 is 26.7 Å². The van der Waals surface area contributed by atoms with Crippen LogP contribution in [0.1, 0.15) is 36.0 Å². The molecule has 1 amide bonds. The van der Waals surface area contributed by atoms with Crippen LogP contribution >= 0.6 is 0 Å². The number of anilines is 3. The van der Waals surface area contributed by atoms with Gasteiger partial charge in [0.25, 0.3) is 5.91 Å². The fraction of sp³-hybridized carbons (Fsp3) is 0.350. The van der Waals surface area contributed by atoms with Gasteiger partial charge in [0, 0.05) is 30.7 Å². The van der Waals surface area contributed by atoms with Crippen molar-refractivity contribution in [1.82, 2.24) is 14.5 Å². The number of primary amides is 1. The fourth-order valence-electron chi connectivity index (χ4n) is 3.75. The molecule has 1 saturated carbocycles. The first kappa shape index (κ1) is 19.1. The van der Waals surface area contributed by atoms with E-state index in [1.165, 1.54) is 0 Å². The number of nitrogens with two attached hydrogens (primary N) is 2. The predicted molar refractivity (Wildman–Crippen MR) is 111 cm³/mol. The first-order valence-electron chi connectivity index (χ1n) is 9.63. The lowest BCUT2D eigenvalue weighted by molar-refractivity contribution is 0.100. The van der Waals surface area contributed by atoms with Crippen LogP contribution in [-0.4, -0.2) is 32.5 Å². The van der Waals surface area contributed by atoms with Crippen molar-refractivity contribution in [3.8, 4) is 0 Å². The third-order valence-corrected chi connectivity index (χ3v) is 5.35. The number of hydrogen-bond acceptors (Lipinski definition) is 6. The van der Waals surface area contributed by atoms with Crippen molar-refractivity contribution in [3.05, 3.63) is 42.0 Å². The van der Waals surface area contributed by atoms with Crippen LogP contribution in [0.5, 0.6) is 0 Å². The molecule has 1 aliphatic carbocycles. The molecule has 3 aromatic heterocycles. The Kier molecular flexibility index (Phi) is 5.06. The molecule has 0 spiro atoms. The molecule has 4 rings (SSSR count). The van der Waals surface area contributed by atoms with Crippen LogP contribution < -0.4 is 22.1 Å². The van der Waals surface area contributed by atoms with E-state index in [1.807, 2.05) is 29.9 Å². The molecule has 1 aliphatic rings. The molecule has 1 fully saturated rings. The van der Waals surface area contributed by atoms with Crippen molar-refractivity contribution < 1.29 is 9.18 Å². The number of halogens is 1. The van der Waals surface area contributed by atoms with Crippen LogP contribution in [-0.2, 0) is 7.05 Å². The number of carbonyl (C=O) groups is 1. The van der Waals surface area contributed by atoms with Crippen LogP contribution in [0.15, 0.2) is 30.6 Å². The maximum Gasteiger partial charge on any atom is 0.252 e. The van der Waals surface area contributed by atoms with Gasteiger partial charge >= 0.3 is 0 Å². The summed E-state index contributed by atoms with van der Waals surface area (Å²) in [6, 6.07) is 4.77. The third kappa shape index (κ3) is 3.86. The lowest BCUT2D eigenvalue weighted by Gasteiger charge is -2.30. The standard InChI is InChI=1S/C20H24FN7O/c1-28-7-6-11-8-12(10-24-20(11)28)25-18-13(17(23)29)9-14(21)19(27-18)26-16-5-3-2-4-15(16)22/h6-10,15-16H,2-5,22H2,1H3,(H2,23,29)(H2,25,26,27)/t15-,16+/m0/s1. The van der Waals surface area contributed by atoms with Gasteiger partial charge in [0.1, 0.15) is 11.5 Å². The smallest absolute Gasteiger partial charge is 0.252 e. The molecule has 0 bridgehead atoms. The molecule has 0 aromatic carbocycles. The van der Waals surface area contributed by atoms with Gasteiger partial charge in [0.15, 0.2) is 11.6 Å². The zero-order valence-corrected chi connectivity index (χ0v) is 16.2. The van der Waals surface area contributed by atoms with Crippen molar-refractivity contribution in [2.45, 2.75) is 37.8 Å². The second-order valence-corrected chi connectivity index (χ2v) is 7.47. The first-order chi connectivity index (χ1) is 13.9. The van der Waals surface area contributed by atoms with E-state index < -0.39 is 11.7 Å². The highest BCUT2D eigenvalue weighted by Crippen LogP contribution is 2.27. The Morgan fingerprint density at radius 1 is 1.28 bits per heavy atom. The summed E-state index contributed by atoms with van der Waals surface area (Å²) >= 11 is 0. The Balaban J connectivity index is 1.67. The molecule has 2 atom stereocenters. The van der Waals surface area contributed by atoms with Crippen molar-refractivity contribution >= 4 is 34.3 Å². The number of nitrogens with zero attached hydrogens (tertiary/aromatic N) is 3. The monoisotopic (exact) mass is 397 g/mol. The summed E-state index contributed by atoms with van der Waals surface area (Å²) in [4.78, 5) is 20.6. The van der Waals surface area contributed by atoms with Gasteiger partial charge in [-0.1, -0.05) is 12.8 Å². The van der Waals surface area contributed by atoms with E-state index in [9.17, 15) is 9.18 Å². The van der Waals surface area contributed by atoms with Gasteiger partial charge in [-0.25, -0.2) is 14.4 Å². The molecule has 0 unspecified atom stereocenters. The van der Waals surface area contributed by atoms with Gasteiger partial charge in [-0.2, -0.15) is 0 Å². The van der Waals surface area contributed by atoms with Crippen LogP contribution in [0.25, 0.3) is 11.0 Å². The van der Waals surface area contributed by atoms with E-state index in [2.05, 4.69) is 20.6 Å². The summed E-state index contributed by atoms with van der Waals surface area (Å²) < 4.78 is 16.5. The topological polar surface area (TPSA) is 124 Å². The number of hydrogen-bond donors (Lipinski definition) is 4. The van der Waals surface area contributed by atoms with Crippen LogP contribution in [0, 0.1) is 5.82 Å². The van der Waals surface area contributed by atoms with Crippen molar-refractivity contribution in [2.75, 3.05) is 10.6 Å². The van der Waals surface area contributed by atoms with Crippen molar-refractivity contribution in [1.29, 1.82) is 0 Å². The van der Waals surface area contributed by atoms with Gasteiger partial charge in [-0.3, -0.25) is 4.79 Å². The maximum absolute atomic E-state index is 14.6. The number of aryl methyl sites for hydroxylation is 1. The average molecular weight is 397 g/mol. The summed E-state index contributed by atoms with van der Waals surface area (Å²) in [6.07, 6.45) is 7.35. The summed E-state index contributed by atoms with van der Waals surface area (Å²) in [7, 11) is 1.91. The number of carbonyl (C=O) groups excluding carboxylic acids is 1. The second kappa shape index (κ2) is 7.67. The Labute approximate surface area is 167 Å². The van der Waals surface area contributed by atoms with E-state index in [0.717, 1.165) is 42.8 Å². The molecule has 0 saturated heterocycles. The lowest BCUT2D eigenvalue weighted by atomic mass is 9.91. The molecule has 3 heterocycles. The summed E-state index contributed by atoms with van der Waals surface area (Å²) in [6.45, 7) is 0. The number of amides is 1.